The van der Waals surface area contributed by atoms with Gasteiger partial charge in [-0.15, -0.1) is 24.8 Å². The molecule has 0 aromatic heterocycles. The molecule has 8 rings (SSSR count). The summed E-state index contributed by atoms with van der Waals surface area (Å²) in [6.45, 7) is 19.2. The van der Waals surface area contributed by atoms with Crippen molar-refractivity contribution in [2.24, 2.45) is 5.92 Å². The van der Waals surface area contributed by atoms with Crippen molar-refractivity contribution < 1.29 is 19.3 Å². The Balaban J connectivity index is 0.00000240. The normalized spacial score (nSPS) is 19.9. The van der Waals surface area contributed by atoms with E-state index in [4.69, 9.17) is 23.2 Å². The summed E-state index contributed by atoms with van der Waals surface area (Å²) in [7, 11) is 0. The smallest absolute Gasteiger partial charge is 0.147 e. The summed E-state index contributed by atoms with van der Waals surface area (Å²) < 4.78 is 7.41. The van der Waals surface area contributed by atoms with Crippen LogP contribution in [0.2, 0.25) is 13.7 Å². The molecule has 0 amide bonds. The predicted octanol–water partition coefficient (Wildman–Crippen LogP) is 14.3. The molecule has 4 aliphatic rings. The SMILES string of the molecule is CC1=CC(C)[C]([Zr](=[CH]c2ccc(Cl)cc2)(=[CH]c2ccc(Cl)cc2)[CH]2C=C(C)c3cc4c(cc3C2(C)C)Cc2cc3c(cc2-4)C(C)=CCC3(C)C)=C1.Cl.Cl. The van der Waals surface area contributed by atoms with E-state index in [1.807, 2.05) is 24.3 Å². The summed E-state index contributed by atoms with van der Waals surface area (Å²) in [5, 5.41) is 1.54. The summed E-state index contributed by atoms with van der Waals surface area (Å²) in [5.41, 5.74) is 18.4. The van der Waals surface area contributed by atoms with Crippen LogP contribution < -0.4 is 0 Å². The molecule has 4 aliphatic carbocycles. The maximum Gasteiger partial charge on any atom is -0.147 e. The third kappa shape index (κ3) is 6.91. The van der Waals surface area contributed by atoms with Crippen molar-refractivity contribution >= 4 is 66.6 Å². The summed E-state index contributed by atoms with van der Waals surface area (Å²) in [5.74, 6) is 0.376. The zero-order valence-electron chi connectivity index (χ0n) is 32.0. The van der Waals surface area contributed by atoms with Gasteiger partial charge in [-0.2, -0.15) is 0 Å². The van der Waals surface area contributed by atoms with Gasteiger partial charge in [-0.05, 0) is 0 Å². The van der Waals surface area contributed by atoms with E-state index in [1.54, 1.807) is 3.28 Å². The fourth-order valence-corrected chi connectivity index (χ4v) is 24.4. The second kappa shape index (κ2) is 14.6. The number of benzene rings is 4. The summed E-state index contributed by atoms with van der Waals surface area (Å²) in [4.78, 5) is 0. The van der Waals surface area contributed by atoms with Crippen LogP contribution in [0.3, 0.4) is 0 Å². The monoisotopic (exact) mass is 856 g/mol. The van der Waals surface area contributed by atoms with Gasteiger partial charge in [0.05, 0.1) is 0 Å². The van der Waals surface area contributed by atoms with Gasteiger partial charge in [-0.25, -0.2) is 0 Å². The second-order valence-electron chi connectivity index (χ2n) is 16.9. The van der Waals surface area contributed by atoms with Crippen molar-refractivity contribution in [2.45, 2.75) is 82.7 Å². The number of allylic oxidation sites excluding steroid dienone is 8. The van der Waals surface area contributed by atoms with Gasteiger partial charge in [0.15, 0.2) is 0 Å². The topological polar surface area (TPSA) is 0 Å². The zero-order chi connectivity index (χ0) is 36.0. The van der Waals surface area contributed by atoms with Crippen molar-refractivity contribution in [3.8, 4) is 11.1 Å². The maximum atomic E-state index is 6.45. The van der Waals surface area contributed by atoms with Crippen molar-refractivity contribution in [2.75, 3.05) is 0 Å². The third-order valence-electron chi connectivity index (χ3n) is 12.5. The largest absolute Gasteiger partial charge is 0.147 e. The molecule has 0 nitrogen and oxygen atoms in total. The fraction of sp³-hybridized carbons (Fsp3) is 0.292. The van der Waals surface area contributed by atoms with Gasteiger partial charge in [0.2, 0.25) is 0 Å². The minimum Gasteiger partial charge on any atom is -0.147 e. The Kier molecular flexibility index (Phi) is 11.1. The zero-order valence-corrected chi connectivity index (χ0v) is 37.6. The molecular weight excluding hydrogens is 810 g/mol. The van der Waals surface area contributed by atoms with E-state index in [2.05, 4.69) is 136 Å². The summed E-state index contributed by atoms with van der Waals surface area (Å²) in [6.07, 6.45) is 12.2. The molecule has 0 fully saturated rings. The molecule has 274 valence electrons. The van der Waals surface area contributed by atoms with E-state index in [1.165, 1.54) is 72.4 Å². The minimum absolute atomic E-state index is 0. The van der Waals surface area contributed by atoms with Crippen LogP contribution in [-0.2, 0) is 36.5 Å². The fourth-order valence-electron chi connectivity index (χ4n) is 9.78. The molecule has 0 N–H and O–H groups in total. The number of fused-ring (bicyclic) bond motifs is 5. The Hall–Kier alpha value is -2.38. The first-order valence-corrected chi connectivity index (χ1v) is 24.7. The first-order chi connectivity index (χ1) is 24.2. The van der Waals surface area contributed by atoms with Crippen LogP contribution in [0.1, 0.15) is 106 Å². The number of hydrogen-bond donors (Lipinski definition) is 0. The Morgan fingerprint density at radius 2 is 1.17 bits per heavy atom. The predicted molar refractivity (Wildman–Crippen MR) is 235 cm³/mol. The van der Waals surface area contributed by atoms with Crippen LogP contribution in [0.4, 0.5) is 0 Å². The van der Waals surface area contributed by atoms with Gasteiger partial charge in [0.1, 0.15) is 0 Å². The molecule has 0 saturated carbocycles. The van der Waals surface area contributed by atoms with Gasteiger partial charge in [-0.3, -0.25) is 0 Å². The average Bonchev–Trinajstić information content (AvgIpc) is 3.63. The molecule has 0 saturated heterocycles. The molecule has 4 aromatic rings. The standard InChI is InChI=1S/C27H29.2C7H5Cl.C7H9.2ClH.Zr/c1-16-7-9-26(3,4)24-12-18-11-19-13-25-21(17(2)8-10-27(25,5)6)15-23(19)22(18)14-20(16)24;2*1-6-2-4-7(8)5-3-6;1-6-3-4-7(2)5-6;;;/h7-9,12-15H,10-11H2,1-6H3;2*1-5H;3,5,7H,1-2H3;2*1H;. The minimum atomic E-state index is -3.81. The molecule has 0 bridgehead atoms. The van der Waals surface area contributed by atoms with E-state index in [0.29, 0.717) is 9.54 Å². The second-order valence-corrected chi connectivity index (χ2v) is 26.8. The molecule has 5 heteroatoms. The van der Waals surface area contributed by atoms with E-state index in [9.17, 15) is 0 Å². The van der Waals surface area contributed by atoms with Crippen LogP contribution in [0.15, 0.2) is 106 Å². The molecule has 2 unspecified atom stereocenters. The molecule has 53 heavy (non-hydrogen) atoms. The maximum absolute atomic E-state index is 6.45. The molecule has 0 radical (unpaired) electrons. The number of rotatable bonds is 4. The van der Waals surface area contributed by atoms with E-state index < -0.39 is 19.3 Å². The number of hydrogen-bond acceptors (Lipinski definition) is 0. The summed E-state index contributed by atoms with van der Waals surface area (Å²) in [6, 6.07) is 27.2. The molecule has 4 aromatic carbocycles. The molecule has 0 aliphatic heterocycles. The Labute approximate surface area is 343 Å². The van der Waals surface area contributed by atoms with Gasteiger partial charge in [-0.1, -0.05) is 0 Å². The van der Waals surface area contributed by atoms with Crippen LogP contribution in [-0.4, -0.2) is 7.42 Å². The van der Waals surface area contributed by atoms with Crippen LogP contribution >= 0.6 is 48.0 Å². The average molecular weight is 860 g/mol. The van der Waals surface area contributed by atoms with E-state index >= 15 is 0 Å². The first-order valence-electron chi connectivity index (χ1n) is 18.5. The first kappa shape index (κ1) is 40.3. The Morgan fingerprint density at radius 1 is 0.660 bits per heavy atom. The number of halogens is 4. The third-order valence-corrected chi connectivity index (χ3v) is 25.6. The van der Waals surface area contributed by atoms with Crippen molar-refractivity contribution in [1.82, 2.24) is 0 Å². The molecule has 0 heterocycles. The van der Waals surface area contributed by atoms with Gasteiger partial charge in [0, 0.05) is 0 Å². The quantitative estimate of drug-likeness (QED) is 0.169. The van der Waals surface area contributed by atoms with Crippen molar-refractivity contribution in [3.63, 3.8) is 0 Å². The summed E-state index contributed by atoms with van der Waals surface area (Å²) >= 11 is 9.10. The Bertz CT molecular complexity index is 2330. The molecule has 0 spiro atoms. The van der Waals surface area contributed by atoms with Gasteiger partial charge in [0.25, 0.3) is 0 Å². The van der Waals surface area contributed by atoms with Crippen molar-refractivity contribution in [1.29, 1.82) is 0 Å². The van der Waals surface area contributed by atoms with Crippen LogP contribution in [0.5, 0.6) is 0 Å². The van der Waals surface area contributed by atoms with Crippen LogP contribution in [0.25, 0.3) is 22.3 Å². The van der Waals surface area contributed by atoms with E-state index in [-0.39, 0.29) is 35.6 Å². The Morgan fingerprint density at radius 3 is 1.68 bits per heavy atom. The molecule has 2 atom stereocenters. The van der Waals surface area contributed by atoms with Gasteiger partial charge >= 0.3 is 321 Å². The molecular formula is C48H50Cl4Zr. The van der Waals surface area contributed by atoms with Crippen LogP contribution in [0, 0.1) is 5.92 Å². The van der Waals surface area contributed by atoms with Gasteiger partial charge < -0.3 is 0 Å². The van der Waals surface area contributed by atoms with Crippen molar-refractivity contribution in [3.05, 3.63) is 161 Å². The van der Waals surface area contributed by atoms with E-state index in [0.717, 1.165) is 22.9 Å².